The van der Waals surface area contributed by atoms with Gasteiger partial charge in [-0.05, 0) is 24.6 Å². The monoisotopic (exact) mass is 440 g/mol. The predicted octanol–water partition coefficient (Wildman–Crippen LogP) is 3.73. The molecular formula is C19H37O7PSi. The molecule has 1 N–H and O–H groups in total. The molecule has 2 fully saturated rings. The molecule has 0 spiro atoms. The van der Waals surface area contributed by atoms with Crippen LogP contribution in [-0.2, 0) is 27.5 Å². The standard InChI is InChI=1S/C19H37O7PSi/c1-7-12-27(21,25-15-8-10-22-17(15)13-20)24-14-18-16(9-11-23-18)26-28(5,6)19(2,3)4/h7,15-18,20H,1,8-14H2,2-6H3/t15-,16-,17+,18+,27-/m0/s1/i10T,11T/t10-,11-,15-,16-,17+,18+,27-. The van der Waals surface area contributed by atoms with Gasteiger partial charge in [0.1, 0.15) is 12.2 Å². The van der Waals surface area contributed by atoms with Crippen LogP contribution in [0.3, 0.4) is 0 Å². The van der Waals surface area contributed by atoms with E-state index in [1.165, 1.54) is 6.08 Å². The molecule has 0 aromatic heterocycles. The third kappa shape index (κ3) is 6.22. The quantitative estimate of drug-likeness (QED) is 0.315. The van der Waals surface area contributed by atoms with E-state index in [4.69, 9.17) is 25.7 Å². The van der Waals surface area contributed by atoms with E-state index in [1.807, 2.05) is 0 Å². The lowest BCUT2D eigenvalue weighted by Gasteiger charge is -2.39. The molecule has 0 aliphatic carbocycles. The van der Waals surface area contributed by atoms with E-state index in [9.17, 15) is 9.67 Å². The number of ether oxygens (including phenoxy) is 2. The van der Waals surface area contributed by atoms with Crippen LogP contribution in [0.25, 0.3) is 0 Å². The first-order chi connectivity index (χ1) is 13.8. The smallest absolute Gasteiger partial charge is 0.334 e. The Kier molecular flexibility index (Phi) is 7.44. The Hall–Kier alpha value is -0.0531. The molecule has 2 rings (SSSR count). The molecule has 9 heteroatoms. The van der Waals surface area contributed by atoms with Crippen molar-refractivity contribution in [2.45, 2.75) is 76.2 Å². The summed E-state index contributed by atoms with van der Waals surface area (Å²) < 4.78 is 57.8. The van der Waals surface area contributed by atoms with Gasteiger partial charge < -0.3 is 28.1 Å². The van der Waals surface area contributed by atoms with E-state index < -0.39 is 47.4 Å². The summed E-state index contributed by atoms with van der Waals surface area (Å²) in [7, 11) is -5.69. The number of allylic oxidation sites excluding steroid dienone is 1. The van der Waals surface area contributed by atoms with Gasteiger partial charge in [-0.3, -0.25) is 4.57 Å². The largest absolute Gasteiger partial charge is 0.411 e. The van der Waals surface area contributed by atoms with E-state index in [2.05, 4.69) is 40.4 Å². The molecule has 0 saturated carbocycles. The van der Waals surface area contributed by atoms with Crippen LogP contribution in [-0.4, -0.2) is 70.4 Å². The normalized spacial score (nSPS) is 37.4. The maximum absolute atomic E-state index is 13.3. The molecule has 28 heavy (non-hydrogen) atoms. The summed E-state index contributed by atoms with van der Waals surface area (Å²) in [4.78, 5) is 0. The van der Waals surface area contributed by atoms with Gasteiger partial charge in [-0.2, -0.15) is 0 Å². The number of aliphatic hydroxyl groups is 1. The summed E-state index contributed by atoms with van der Waals surface area (Å²) in [6, 6.07) is 0. The molecule has 164 valence electrons. The molecule has 0 bridgehead atoms. The highest BCUT2D eigenvalue weighted by molar-refractivity contribution is 7.54. The molecule has 7 atom stereocenters. The Morgan fingerprint density at radius 1 is 1.25 bits per heavy atom. The van der Waals surface area contributed by atoms with E-state index in [-0.39, 0.29) is 36.9 Å². The van der Waals surface area contributed by atoms with Crippen LogP contribution >= 0.6 is 7.60 Å². The maximum atomic E-state index is 13.3. The zero-order valence-electron chi connectivity index (χ0n) is 19.6. The number of hydrogen-bond acceptors (Lipinski definition) is 7. The maximum Gasteiger partial charge on any atom is 0.334 e. The van der Waals surface area contributed by atoms with Gasteiger partial charge in [0.05, 0.1) is 34.3 Å². The van der Waals surface area contributed by atoms with Crippen molar-refractivity contribution in [1.82, 2.24) is 0 Å². The highest BCUT2D eigenvalue weighted by Gasteiger charge is 2.43. The minimum absolute atomic E-state index is 0.00828. The summed E-state index contributed by atoms with van der Waals surface area (Å²) in [6.45, 7) is 12.4. The summed E-state index contributed by atoms with van der Waals surface area (Å²) in [5.41, 5.74) is 0. The minimum Gasteiger partial charge on any atom is -0.411 e. The first-order valence-electron chi connectivity index (χ1n) is 10.9. The van der Waals surface area contributed by atoms with Crippen molar-refractivity contribution < 1.29 is 35.4 Å². The van der Waals surface area contributed by atoms with Crippen molar-refractivity contribution >= 4 is 15.9 Å². The Morgan fingerprint density at radius 2 is 1.86 bits per heavy atom. The van der Waals surface area contributed by atoms with Crippen LogP contribution in [0.15, 0.2) is 12.7 Å². The first-order valence-corrected chi connectivity index (χ1v) is 14.4. The van der Waals surface area contributed by atoms with Crippen molar-refractivity contribution in [2.24, 2.45) is 0 Å². The molecule has 0 amide bonds. The molecule has 0 unspecified atom stereocenters. The number of rotatable bonds is 10. The second kappa shape index (κ2) is 9.84. The first kappa shape index (κ1) is 21.2. The fourth-order valence-electron chi connectivity index (χ4n) is 2.80. The molecule has 0 aromatic rings. The highest BCUT2D eigenvalue weighted by atomic mass is 31.2. The molecule has 2 heterocycles. The fraction of sp³-hybridized carbons (Fsp3) is 0.895. The van der Waals surface area contributed by atoms with Gasteiger partial charge in [0.15, 0.2) is 8.32 Å². The molecule has 2 aliphatic rings. The van der Waals surface area contributed by atoms with Crippen molar-refractivity contribution in [3.63, 3.8) is 0 Å². The third-order valence-corrected chi connectivity index (χ3v) is 11.9. The van der Waals surface area contributed by atoms with E-state index >= 15 is 0 Å². The Bertz CT molecular complexity index is 630. The second-order valence-corrected chi connectivity index (χ2v) is 15.6. The highest BCUT2D eigenvalue weighted by Crippen LogP contribution is 2.51. The molecule has 2 saturated heterocycles. The molecule has 2 aliphatic heterocycles. The predicted molar refractivity (Wildman–Crippen MR) is 111 cm³/mol. The third-order valence-electron chi connectivity index (χ3n) is 5.54. The molecule has 7 nitrogen and oxygen atoms in total. The van der Waals surface area contributed by atoms with Crippen molar-refractivity contribution in [3.05, 3.63) is 12.7 Å². The van der Waals surface area contributed by atoms with Gasteiger partial charge in [-0.25, -0.2) is 0 Å². The zero-order chi connectivity index (χ0) is 22.7. The van der Waals surface area contributed by atoms with Crippen LogP contribution < -0.4 is 0 Å². The van der Waals surface area contributed by atoms with Gasteiger partial charge in [0, 0.05) is 19.6 Å². The van der Waals surface area contributed by atoms with Gasteiger partial charge in [-0.1, -0.05) is 26.8 Å². The zero-order valence-corrected chi connectivity index (χ0v) is 19.5. The number of hydrogen-bond donors (Lipinski definition) is 1. The van der Waals surface area contributed by atoms with Crippen LogP contribution in [0.1, 0.15) is 36.4 Å². The fourth-order valence-corrected chi connectivity index (χ4v) is 5.74. The Labute approximate surface area is 173 Å². The van der Waals surface area contributed by atoms with Crippen molar-refractivity contribution in [1.29, 1.82) is 0 Å². The van der Waals surface area contributed by atoms with Crippen molar-refractivity contribution in [2.75, 3.05) is 32.5 Å². The van der Waals surface area contributed by atoms with Gasteiger partial charge in [-0.15, -0.1) is 6.58 Å². The molecule has 0 radical (unpaired) electrons. The molecular weight excluding hydrogens is 399 g/mol. The minimum atomic E-state index is -3.61. The van der Waals surface area contributed by atoms with E-state index in [0.717, 1.165) is 0 Å². The van der Waals surface area contributed by atoms with Gasteiger partial charge >= 0.3 is 7.60 Å². The topological polar surface area (TPSA) is 83.5 Å². The lowest BCUT2D eigenvalue weighted by atomic mass is 10.2. The SMILES string of the molecule is [3H][C@H]1C[C@H](O[Si](C)(C)C(C)(C)C)[C@@H](CO[P@@](=O)(CC=C)O[C@H]2C[C@H]([3H])O[C@@H]2CO)O1. The van der Waals surface area contributed by atoms with E-state index in [0.29, 0.717) is 6.42 Å². The van der Waals surface area contributed by atoms with Crippen LogP contribution in [0, 0.1) is 0 Å². The Balaban J connectivity index is 2.04. The second-order valence-electron chi connectivity index (χ2n) is 8.77. The van der Waals surface area contributed by atoms with Crippen LogP contribution in [0.5, 0.6) is 0 Å². The average molecular weight is 441 g/mol. The van der Waals surface area contributed by atoms with Gasteiger partial charge in [0.25, 0.3) is 0 Å². The lowest BCUT2D eigenvalue weighted by Crippen LogP contribution is -2.46. The lowest BCUT2D eigenvalue weighted by molar-refractivity contribution is -0.00678. The molecule has 0 aromatic carbocycles. The number of aliphatic hydroxyl groups excluding tert-OH is 1. The van der Waals surface area contributed by atoms with Crippen molar-refractivity contribution in [3.8, 4) is 0 Å². The van der Waals surface area contributed by atoms with Gasteiger partial charge in [0.2, 0.25) is 0 Å². The summed E-state index contributed by atoms with van der Waals surface area (Å²) in [5.74, 6) is 0. The summed E-state index contributed by atoms with van der Waals surface area (Å²) in [5, 5.41) is 9.44. The van der Waals surface area contributed by atoms with E-state index in [1.54, 1.807) is 0 Å². The average Bonchev–Trinajstić information content (AvgIpc) is 3.13. The van der Waals surface area contributed by atoms with Crippen LogP contribution in [0.2, 0.25) is 18.1 Å². The summed E-state index contributed by atoms with van der Waals surface area (Å²) in [6.07, 6.45) is -0.202. The Morgan fingerprint density at radius 3 is 2.43 bits per heavy atom. The van der Waals surface area contributed by atoms with Crippen LogP contribution in [0.4, 0.5) is 0 Å². The summed E-state index contributed by atoms with van der Waals surface area (Å²) >= 11 is 0.